The van der Waals surface area contributed by atoms with E-state index in [4.69, 9.17) is 0 Å². The fourth-order valence-corrected chi connectivity index (χ4v) is 3.99. The maximum Gasteiger partial charge on any atom is 0.309 e. The summed E-state index contributed by atoms with van der Waals surface area (Å²) in [6.07, 6.45) is 20.4. The molecule has 0 saturated heterocycles. The third-order valence-electron chi connectivity index (χ3n) is 6.08. The van der Waals surface area contributed by atoms with E-state index in [1.165, 1.54) is 77.0 Å². The first-order valence-electron chi connectivity index (χ1n) is 11.7. The molecule has 0 bridgehead atoms. The van der Waals surface area contributed by atoms with Crippen LogP contribution in [0.2, 0.25) is 0 Å². The fraction of sp³-hybridized carbons (Fsp3) is 0.958. The summed E-state index contributed by atoms with van der Waals surface area (Å²) in [5, 5.41) is 9.76. The molecule has 1 atom stereocenters. The van der Waals surface area contributed by atoms with Crippen molar-refractivity contribution in [3.63, 3.8) is 0 Å². The third kappa shape index (κ3) is 12.8. The molecular formula is C24H48O2. The Morgan fingerprint density at radius 3 is 1.54 bits per heavy atom. The van der Waals surface area contributed by atoms with Crippen molar-refractivity contribution in [2.75, 3.05) is 0 Å². The Balaban J connectivity index is 3.77. The molecule has 2 nitrogen and oxygen atoms in total. The number of unbranched alkanes of at least 4 members (excludes halogenated alkanes) is 11. The van der Waals surface area contributed by atoms with Crippen LogP contribution in [-0.4, -0.2) is 11.1 Å². The number of carbonyl (C=O) groups is 1. The molecule has 0 rings (SSSR count). The van der Waals surface area contributed by atoms with Crippen LogP contribution < -0.4 is 0 Å². The van der Waals surface area contributed by atoms with Crippen molar-refractivity contribution >= 4 is 5.97 Å². The summed E-state index contributed by atoms with van der Waals surface area (Å²) in [4.78, 5) is 11.8. The average Bonchev–Trinajstić information content (AvgIpc) is 2.61. The normalized spacial score (nSPS) is 13.9. The van der Waals surface area contributed by atoms with E-state index < -0.39 is 11.4 Å². The molecule has 1 N–H and O–H groups in total. The molecule has 0 amide bonds. The van der Waals surface area contributed by atoms with Gasteiger partial charge in [-0.05, 0) is 25.2 Å². The molecular weight excluding hydrogens is 320 g/mol. The van der Waals surface area contributed by atoms with Gasteiger partial charge in [-0.2, -0.15) is 0 Å². The Morgan fingerprint density at radius 1 is 0.731 bits per heavy atom. The summed E-state index contributed by atoms with van der Waals surface area (Å²) >= 11 is 0. The van der Waals surface area contributed by atoms with Crippen molar-refractivity contribution in [2.45, 2.75) is 137 Å². The van der Waals surface area contributed by atoms with Crippen LogP contribution in [0.1, 0.15) is 137 Å². The molecule has 0 spiro atoms. The summed E-state index contributed by atoms with van der Waals surface area (Å²) in [6, 6.07) is 0. The summed E-state index contributed by atoms with van der Waals surface area (Å²) < 4.78 is 0. The second-order valence-corrected chi connectivity index (χ2v) is 8.86. The lowest BCUT2D eigenvalue weighted by atomic mass is 9.76. The highest BCUT2D eigenvalue weighted by Crippen LogP contribution is 2.35. The van der Waals surface area contributed by atoms with Gasteiger partial charge < -0.3 is 5.11 Å². The Morgan fingerprint density at radius 2 is 1.15 bits per heavy atom. The monoisotopic (exact) mass is 368 g/mol. The molecule has 0 aromatic heterocycles. The smallest absolute Gasteiger partial charge is 0.309 e. The molecule has 2 heteroatoms. The SMILES string of the molecule is CCCCCCC(CC)(CCCCCCCCCCCC(C)C)C(=O)O. The van der Waals surface area contributed by atoms with Crippen molar-refractivity contribution in [3.05, 3.63) is 0 Å². The molecule has 1 unspecified atom stereocenters. The van der Waals surface area contributed by atoms with Crippen LogP contribution in [0.25, 0.3) is 0 Å². The van der Waals surface area contributed by atoms with Gasteiger partial charge in [0.2, 0.25) is 0 Å². The molecule has 0 fully saturated rings. The van der Waals surface area contributed by atoms with E-state index in [0.717, 1.165) is 38.0 Å². The van der Waals surface area contributed by atoms with E-state index in [2.05, 4.69) is 27.7 Å². The van der Waals surface area contributed by atoms with Crippen LogP contribution in [0, 0.1) is 11.3 Å². The van der Waals surface area contributed by atoms with E-state index >= 15 is 0 Å². The Hall–Kier alpha value is -0.530. The van der Waals surface area contributed by atoms with Gasteiger partial charge in [-0.3, -0.25) is 4.79 Å². The van der Waals surface area contributed by atoms with Gasteiger partial charge in [0.25, 0.3) is 0 Å². The number of rotatable bonds is 19. The van der Waals surface area contributed by atoms with Gasteiger partial charge in [0.15, 0.2) is 0 Å². The molecule has 0 aliphatic heterocycles. The van der Waals surface area contributed by atoms with Crippen LogP contribution in [0.4, 0.5) is 0 Å². The first kappa shape index (κ1) is 25.5. The molecule has 156 valence electrons. The van der Waals surface area contributed by atoms with E-state index in [-0.39, 0.29) is 0 Å². The standard InChI is InChI=1S/C24H48O2/c1-5-7-8-17-20-24(6-2,23(25)26)21-18-15-13-11-9-10-12-14-16-19-22(3)4/h22H,5-21H2,1-4H3,(H,25,26). The second kappa shape index (κ2) is 16.6. The van der Waals surface area contributed by atoms with E-state index in [9.17, 15) is 9.90 Å². The van der Waals surface area contributed by atoms with E-state index in [0.29, 0.717) is 0 Å². The summed E-state index contributed by atoms with van der Waals surface area (Å²) in [5.74, 6) is 0.292. The van der Waals surface area contributed by atoms with Gasteiger partial charge in [0.05, 0.1) is 5.41 Å². The molecule has 0 aliphatic rings. The minimum atomic E-state index is -0.558. The van der Waals surface area contributed by atoms with E-state index in [1.54, 1.807) is 0 Å². The van der Waals surface area contributed by atoms with Gasteiger partial charge in [0.1, 0.15) is 0 Å². The predicted molar refractivity (Wildman–Crippen MR) is 115 cm³/mol. The van der Waals surface area contributed by atoms with Crippen LogP contribution >= 0.6 is 0 Å². The zero-order chi connectivity index (χ0) is 19.7. The van der Waals surface area contributed by atoms with Crippen molar-refractivity contribution in [1.82, 2.24) is 0 Å². The van der Waals surface area contributed by atoms with Gasteiger partial charge in [0, 0.05) is 0 Å². The van der Waals surface area contributed by atoms with E-state index in [1.807, 2.05) is 0 Å². The summed E-state index contributed by atoms with van der Waals surface area (Å²) in [5.41, 5.74) is -0.454. The van der Waals surface area contributed by atoms with Crippen LogP contribution in [-0.2, 0) is 4.79 Å². The van der Waals surface area contributed by atoms with Crippen LogP contribution in [0.3, 0.4) is 0 Å². The minimum absolute atomic E-state index is 0.454. The molecule has 0 saturated carbocycles. The zero-order valence-electron chi connectivity index (χ0n) is 18.5. The molecule has 0 heterocycles. The number of aliphatic carboxylic acids is 1. The van der Waals surface area contributed by atoms with Crippen molar-refractivity contribution in [2.24, 2.45) is 11.3 Å². The van der Waals surface area contributed by atoms with Crippen molar-refractivity contribution in [1.29, 1.82) is 0 Å². The first-order chi connectivity index (χ1) is 12.5. The molecule has 0 radical (unpaired) electrons. The maximum absolute atomic E-state index is 11.8. The van der Waals surface area contributed by atoms with Crippen molar-refractivity contribution < 1.29 is 9.90 Å². The predicted octanol–water partition coefficient (Wildman–Crippen LogP) is 8.38. The van der Waals surface area contributed by atoms with Crippen LogP contribution in [0.5, 0.6) is 0 Å². The average molecular weight is 369 g/mol. The van der Waals surface area contributed by atoms with Gasteiger partial charge in [-0.1, -0.05) is 118 Å². The lowest BCUT2D eigenvalue weighted by Gasteiger charge is -2.28. The number of carboxylic acids is 1. The molecule has 0 aromatic rings. The summed E-state index contributed by atoms with van der Waals surface area (Å²) in [7, 11) is 0. The topological polar surface area (TPSA) is 37.3 Å². The Bertz CT molecular complexity index is 324. The highest BCUT2D eigenvalue weighted by molar-refractivity contribution is 5.74. The zero-order valence-corrected chi connectivity index (χ0v) is 18.5. The fourth-order valence-electron chi connectivity index (χ4n) is 3.99. The summed E-state index contributed by atoms with van der Waals surface area (Å²) in [6.45, 7) is 8.88. The Labute approximate surface area is 164 Å². The number of hydrogen-bond donors (Lipinski definition) is 1. The number of hydrogen-bond acceptors (Lipinski definition) is 1. The maximum atomic E-state index is 11.8. The van der Waals surface area contributed by atoms with Crippen LogP contribution in [0.15, 0.2) is 0 Å². The molecule has 0 aliphatic carbocycles. The number of carboxylic acid groups (broad SMARTS) is 1. The molecule has 26 heavy (non-hydrogen) atoms. The first-order valence-corrected chi connectivity index (χ1v) is 11.7. The Kier molecular flexibility index (Phi) is 16.3. The lowest BCUT2D eigenvalue weighted by Crippen LogP contribution is -2.30. The quantitative estimate of drug-likeness (QED) is 0.232. The third-order valence-corrected chi connectivity index (χ3v) is 6.08. The lowest BCUT2D eigenvalue weighted by molar-refractivity contribution is -0.150. The highest BCUT2D eigenvalue weighted by atomic mass is 16.4. The second-order valence-electron chi connectivity index (χ2n) is 8.86. The molecule has 0 aromatic carbocycles. The van der Waals surface area contributed by atoms with Gasteiger partial charge in [-0.25, -0.2) is 0 Å². The largest absolute Gasteiger partial charge is 0.481 e. The van der Waals surface area contributed by atoms with Gasteiger partial charge >= 0.3 is 5.97 Å². The minimum Gasteiger partial charge on any atom is -0.481 e. The highest BCUT2D eigenvalue weighted by Gasteiger charge is 2.35. The van der Waals surface area contributed by atoms with Crippen molar-refractivity contribution in [3.8, 4) is 0 Å². The van der Waals surface area contributed by atoms with Gasteiger partial charge in [-0.15, -0.1) is 0 Å².